The molecule has 0 bridgehead atoms. The Labute approximate surface area is 141 Å². The molecule has 3 rings (SSSR count). The molecule has 0 aliphatic carbocycles. The van der Waals surface area contributed by atoms with Crippen LogP contribution in [-0.2, 0) is 6.54 Å². The van der Waals surface area contributed by atoms with E-state index in [9.17, 15) is 4.79 Å². The fourth-order valence-electron chi connectivity index (χ4n) is 2.99. The fraction of sp³-hybridized carbons (Fsp3) is 0.389. The van der Waals surface area contributed by atoms with E-state index >= 15 is 0 Å². The number of carbonyl (C=O) groups excluding carboxylic acids is 1. The molecule has 0 atom stereocenters. The Kier molecular flexibility index (Phi) is 5.03. The zero-order valence-corrected chi connectivity index (χ0v) is 14.1. The number of rotatable bonds is 3. The molecule has 1 aliphatic rings. The zero-order chi connectivity index (χ0) is 16.2. The first-order valence-electron chi connectivity index (χ1n) is 7.93. The zero-order valence-electron chi connectivity index (χ0n) is 13.3. The summed E-state index contributed by atoms with van der Waals surface area (Å²) in [4.78, 5) is 17.0. The van der Waals surface area contributed by atoms with E-state index in [1.165, 1.54) is 0 Å². The van der Waals surface area contributed by atoms with Gasteiger partial charge in [-0.3, -0.25) is 9.69 Å². The highest BCUT2D eigenvalue weighted by Gasteiger charge is 2.21. The van der Waals surface area contributed by atoms with E-state index in [1.807, 2.05) is 36.1 Å². The van der Waals surface area contributed by atoms with E-state index in [4.69, 9.17) is 16.0 Å². The van der Waals surface area contributed by atoms with Gasteiger partial charge in [0, 0.05) is 36.8 Å². The van der Waals surface area contributed by atoms with E-state index < -0.39 is 0 Å². The molecule has 1 fully saturated rings. The first-order chi connectivity index (χ1) is 11.1. The Morgan fingerprint density at radius 3 is 2.83 bits per heavy atom. The number of nitrogens with zero attached hydrogens (tertiary/aromatic N) is 2. The molecule has 122 valence electrons. The maximum Gasteiger partial charge on any atom is 0.254 e. The van der Waals surface area contributed by atoms with E-state index in [0.29, 0.717) is 5.02 Å². The number of amides is 1. The Bertz CT molecular complexity index is 670. The van der Waals surface area contributed by atoms with Crippen LogP contribution in [0.15, 0.2) is 41.0 Å². The molecule has 23 heavy (non-hydrogen) atoms. The molecule has 4 nitrogen and oxygen atoms in total. The van der Waals surface area contributed by atoms with Crippen molar-refractivity contribution in [2.45, 2.75) is 19.9 Å². The predicted octanol–water partition coefficient (Wildman–Crippen LogP) is 3.59. The molecule has 0 unspecified atom stereocenters. The average molecular weight is 333 g/mol. The van der Waals surface area contributed by atoms with Crippen molar-refractivity contribution in [3.05, 3.63) is 58.5 Å². The second-order valence-electron chi connectivity index (χ2n) is 5.96. The number of hydrogen-bond donors (Lipinski definition) is 0. The molecular formula is C18H21ClN2O2. The van der Waals surface area contributed by atoms with E-state index in [2.05, 4.69) is 4.90 Å². The van der Waals surface area contributed by atoms with Gasteiger partial charge >= 0.3 is 0 Å². The molecule has 2 aromatic rings. The van der Waals surface area contributed by atoms with E-state index in [1.54, 1.807) is 12.3 Å². The van der Waals surface area contributed by atoms with Crippen LogP contribution in [0.4, 0.5) is 0 Å². The van der Waals surface area contributed by atoms with Gasteiger partial charge in [-0.15, -0.1) is 0 Å². The van der Waals surface area contributed by atoms with Gasteiger partial charge in [-0.25, -0.2) is 0 Å². The second kappa shape index (κ2) is 7.20. The third kappa shape index (κ3) is 3.95. The van der Waals surface area contributed by atoms with Crippen LogP contribution >= 0.6 is 11.6 Å². The highest BCUT2D eigenvalue weighted by Crippen LogP contribution is 2.18. The van der Waals surface area contributed by atoms with Gasteiger partial charge in [0.15, 0.2) is 0 Å². The quantitative estimate of drug-likeness (QED) is 0.862. The SMILES string of the molecule is Cc1cc(Cl)ccc1C(=O)N1CCCN(Cc2ccco2)CC1. The maximum absolute atomic E-state index is 12.8. The van der Waals surface area contributed by atoms with Crippen molar-refractivity contribution in [3.8, 4) is 0 Å². The summed E-state index contributed by atoms with van der Waals surface area (Å²) in [7, 11) is 0. The molecule has 1 aliphatic heterocycles. The van der Waals surface area contributed by atoms with Gasteiger partial charge in [-0.05, 0) is 49.2 Å². The monoisotopic (exact) mass is 332 g/mol. The predicted molar refractivity (Wildman–Crippen MR) is 90.7 cm³/mol. The number of carbonyl (C=O) groups is 1. The maximum atomic E-state index is 12.8. The molecule has 1 amide bonds. The Morgan fingerprint density at radius 1 is 1.22 bits per heavy atom. The summed E-state index contributed by atoms with van der Waals surface area (Å²) in [6.07, 6.45) is 2.67. The van der Waals surface area contributed by atoms with Crippen molar-refractivity contribution in [1.82, 2.24) is 9.80 Å². The van der Waals surface area contributed by atoms with Crippen LogP contribution in [0.1, 0.15) is 28.1 Å². The highest BCUT2D eigenvalue weighted by molar-refractivity contribution is 6.30. The molecule has 2 heterocycles. The molecule has 0 radical (unpaired) electrons. The lowest BCUT2D eigenvalue weighted by atomic mass is 10.1. The minimum Gasteiger partial charge on any atom is -0.468 e. The summed E-state index contributed by atoms with van der Waals surface area (Å²) in [5.74, 6) is 1.07. The highest BCUT2D eigenvalue weighted by atomic mass is 35.5. The van der Waals surface area contributed by atoms with Crippen molar-refractivity contribution in [2.24, 2.45) is 0 Å². The number of hydrogen-bond acceptors (Lipinski definition) is 3. The van der Waals surface area contributed by atoms with Gasteiger partial charge < -0.3 is 9.32 Å². The normalized spacial score (nSPS) is 16.3. The number of halogens is 1. The molecule has 0 saturated carbocycles. The largest absolute Gasteiger partial charge is 0.468 e. The van der Waals surface area contributed by atoms with Gasteiger partial charge in [-0.1, -0.05) is 11.6 Å². The van der Waals surface area contributed by atoms with Crippen molar-refractivity contribution in [1.29, 1.82) is 0 Å². The molecule has 1 saturated heterocycles. The molecular weight excluding hydrogens is 312 g/mol. The number of aryl methyl sites for hydroxylation is 1. The first-order valence-corrected chi connectivity index (χ1v) is 8.31. The second-order valence-corrected chi connectivity index (χ2v) is 6.40. The minimum atomic E-state index is 0.0963. The van der Waals surface area contributed by atoms with Gasteiger partial charge in [-0.2, -0.15) is 0 Å². The minimum absolute atomic E-state index is 0.0963. The van der Waals surface area contributed by atoms with Crippen LogP contribution in [0.25, 0.3) is 0 Å². The lowest BCUT2D eigenvalue weighted by Crippen LogP contribution is -2.35. The third-order valence-corrected chi connectivity index (χ3v) is 4.49. The lowest BCUT2D eigenvalue weighted by molar-refractivity contribution is 0.0760. The smallest absolute Gasteiger partial charge is 0.254 e. The summed E-state index contributed by atoms with van der Waals surface area (Å²) in [5.41, 5.74) is 1.67. The first kappa shape index (κ1) is 16.1. The lowest BCUT2D eigenvalue weighted by Gasteiger charge is -2.22. The van der Waals surface area contributed by atoms with Crippen LogP contribution in [0, 0.1) is 6.92 Å². The average Bonchev–Trinajstić information content (AvgIpc) is 2.91. The van der Waals surface area contributed by atoms with Gasteiger partial charge in [0.2, 0.25) is 0 Å². The topological polar surface area (TPSA) is 36.7 Å². The summed E-state index contributed by atoms with van der Waals surface area (Å²) in [5, 5.41) is 0.666. The summed E-state index contributed by atoms with van der Waals surface area (Å²) >= 11 is 5.98. The van der Waals surface area contributed by atoms with Gasteiger partial charge in [0.25, 0.3) is 5.91 Å². The van der Waals surface area contributed by atoms with E-state index in [-0.39, 0.29) is 5.91 Å². The molecule has 0 N–H and O–H groups in total. The van der Waals surface area contributed by atoms with Gasteiger partial charge in [0.05, 0.1) is 12.8 Å². The van der Waals surface area contributed by atoms with E-state index in [0.717, 1.165) is 56.0 Å². The number of benzene rings is 1. The summed E-state index contributed by atoms with van der Waals surface area (Å²) in [6.45, 7) is 6.09. The summed E-state index contributed by atoms with van der Waals surface area (Å²) < 4.78 is 5.41. The van der Waals surface area contributed by atoms with Crippen LogP contribution in [0.3, 0.4) is 0 Å². The van der Waals surface area contributed by atoms with Crippen LogP contribution < -0.4 is 0 Å². The van der Waals surface area contributed by atoms with Crippen LogP contribution in [0.5, 0.6) is 0 Å². The Morgan fingerprint density at radius 2 is 2.09 bits per heavy atom. The molecule has 1 aromatic heterocycles. The molecule has 5 heteroatoms. The third-order valence-electron chi connectivity index (χ3n) is 4.25. The van der Waals surface area contributed by atoms with Crippen molar-refractivity contribution in [3.63, 3.8) is 0 Å². The Hall–Kier alpha value is -1.78. The standard InChI is InChI=1S/C18H21ClN2O2/c1-14-12-15(19)5-6-17(14)18(22)21-8-3-7-20(9-10-21)13-16-4-2-11-23-16/h2,4-6,11-12H,3,7-10,13H2,1H3. The van der Waals surface area contributed by atoms with Gasteiger partial charge in [0.1, 0.15) is 5.76 Å². The fourth-order valence-corrected chi connectivity index (χ4v) is 3.22. The molecule has 0 spiro atoms. The molecule has 1 aromatic carbocycles. The Balaban J connectivity index is 1.64. The van der Waals surface area contributed by atoms with Crippen molar-refractivity contribution < 1.29 is 9.21 Å². The van der Waals surface area contributed by atoms with Crippen LogP contribution in [0.2, 0.25) is 5.02 Å². The van der Waals surface area contributed by atoms with Crippen LogP contribution in [-0.4, -0.2) is 41.9 Å². The summed E-state index contributed by atoms with van der Waals surface area (Å²) in [6, 6.07) is 9.35. The van der Waals surface area contributed by atoms with Crippen molar-refractivity contribution in [2.75, 3.05) is 26.2 Å². The number of furan rings is 1. The van der Waals surface area contributed by atoms with Crippen molar-refractivity contribution >= 4 is 17.5 Å².